The van der Waals surface area contributed by atoms with Crippen LogP contribution < -0.4 is 10.6 Å². The second kappa shape index (κ2) is 5.17. The van der Waals surface area contributed by atoms with Crippen LogP contribution in [-0.2, 0) is 4.79 Å². The van der Waals surface area contributed by atoms with Crippen LogP contribution >= 0.6 is 11.6 Å². The number of halogens is 1. The fourth-order valence-electron chi connectivity index (χ4n) is 1.66. The van der Waals surface area contributed by atoms with E-state index in [1.807, 2.05) is 13.8 Å². The molecule has 1 heterocycles. The Morgan fingerprint density at radius 3 is 2.67 bits per heavy atom. The van der Waals surface area contributed by atoms with E-state index in [4.69, 9.17) is 11.6 Å². The van der Waals surface area contributed by atoms with Gasteiger partial charge in [-0.3, -0.25) is 4.79 Å². The van der Waals surface area contributed by atoms with Crippen LogP contribution in [0.5, 0.6) is 0 Å². The van der Waals surface area contributed by atoms with Gasteiger partial charge in [0.1, 0.15) is 0 Å². The van der Waals surface area contributed by atoms with Crippen LogP contribution in [0, 0.1) is 17.3 Å². The van der Waals surface area contributed by atoms with Crippen molar-refractivity contribution in [2.45, 2.75) is 20.8 Å². The van der Waals surface area contributed by atoms with E-state index in [0.29, 0.717) is 17.7 Å². The zero-order valence-electron chi connectivity index (χ0n) is 9.77. The van der Waals surface area contributed by atoms with Crippen LogP contribution in [0.2, 0.25) is 0 Å². The third-order valence-corrected chi connectivity index (χ3v) is 3.82. The first kappa shape index (κ1) is 12.8. The van der Waals surface area contributed by atoms with E-state index in [2.05, 4.69) is 17.6 Å². The molecule has 1 aliphatic rings. The zero-order chi connectivity index (χ0) is 11.5. The van der Waals surface area contributed by atoms with Gasteiger partial charge >= 0.3 is 0 Å². The molecule has 4 heteroatoms. The first-order chi connectivity index (χ1) is 6.97. The number of carbonyl (C=O) groups excluding carboxylic acids is 1. The van der Waals surface area contributed by atoms with E-state index in [1.54, 1.807) is 0 Å². The Bertz CT molecular complexity index is 231. The topological polar surface area (TPSA) is 41.1 Å². The van der Waals surface area contributed by atoms with Crippen molar-refractivity contribution in [3.63, 3.8) is 0 Å². The van der Waals surface area contributed by atoms with Crippen LogP contribution in [-0.4, -0.2) is 31.4 Å². The number of hydrogen-bond donors (Lipinski definition) is 2. The summed E-state index contributed by atoms with van der Waals surface area (Å²) in [5, 5.41) is 6.30. The lowest BCUT2D eigenvalue weighted by molar-refractivity contribution is -0.128. The zero-order valence-corrected chi connectivity index (χ0v) is 10.5. The van der Waals surface area contributed by atoms with Gasteiger partial charge < -0.3 is 10.6 Å². The van der Waals surface area contributed by atoms with Gasteiger partial charge in [0, 0.05) is 12.4 Å². The molecule has 2 N–H and O–H groups in total. The van der Waals surface area contributed by atoms with Gasteiger partial charge in [-0.2, -0.15) is 0 Å². The van der Waals surface area contributed by atoms with Crippen LogP contribution in [0.3, 0.4) is 0 Å². The molecule has 1 aliphatic heterocycles. The molecule has 1 rings (SSSR count). The molecule has 0 spiro atoms. The van der Waals surface area contributed by atoms with Crippen molar-refractivity contribution >= 4 is 17.5 Å². The number of hydrogen-bond acceptors (Lipinski definition) is 2. The molecular formula is C11H21ClN2O. The molecule has 3 nitrogen and oxygen atoms in total. The summed E-state index contributed by atoms with van der Waals surface area (Å²) in [6.45, 7) is 8.76. The Kier molecular flexibility index (Phi) is 4.41. The fourth-order valence-corrected chi connectivity index (χ4v) is 1.78. The molecule has 0 saturated carbocycles. The smallest absolute Gasteiger partial charge is 0.226 e. The molecule has 0 bridgehead atoms. The third-order valence-electron chi connectivity index (χ3n) is 3.15. The van der Waals surface area contributed by atoms with Crippen LogP contribution in [0.25, 0.3) is 0 Å². The lowest BCUT2D eigenvalue weighted by Crippen LogP contribution is -2.41. The summed E-state index contributed by atoms with van der Waals surface area (Å²) in [5.74, 6) is 1.61. The maximum absolute atomic E-state index is 11.7. The summed E-state index contributed by atoms with van der Waals surface area (Å²) < 4.78 is 0. The Morgan fingerprint density at radius 1 is 1.53 bits per heavy atom. The van der Waals surface area contributed by atoms with Crippen LogP contribution in [0.15, 0.2) is 0 Å². The second-order valence-corrected chi connectivity index (χ2v) is 5.39. The van der Waals surface area contributed by atoms with E-state index in [-0.39, 0.29) is 5.91 Å². The van der Waals surface area contributed by atoms with E-state index < -0.39 is 5.41 Å². The number of alkyl halides is 1. The molecule has 1 fully saturated rings. The van der Waals surface area contributed by atoms with E-state index >= 15 is 0 Å². The largest absolute Gasteiger partial charge is 0.355 e. The Labute approximate surface area is 96.9 Å². The Balaban J connectivity index is 2.34. The molecule has 88 valence electrons. The molecule has 0 radical (unpaired) electrons. The highest BCUT2D eigenvalue weighted by atomic mass is 35.5. The average Bonchev–Trinajstić information content (AvgIpc) is 2.60. The maximum atomic E-state index is 11.7. The predicted molar refractivity (Wildman–Crippen MR) is 63.0 cm³/mol. The minimum atomic E-state index is -0.461. The van der Waals surface area contributed by atoms with Gasteiger partial charge in [0.05, 0.1) is 5.41 Å². The molecule has 15 heavy (non-hydrogen) atoms. The van der Waals surface area contributed by atoms with Crippen LogP contribution in [0.1, 0.15) is 20.8 Å². The summed E-state index contributed by atoms with van der Waals surface area (Å²) >= 11 is 5.74. The number of amides is 1. The highest BCUT2D eigenvalue weighted by Gasteiger charge is 2.28. The molecule has 2 atom stereocenters. The molecule has 0 aromatic rings. The summed E-state index contributed by atoms with van der Waals surface area (Å²) in [4.78, 5) is 11.7. The maximum Gasteiger partial charge on any atom is 0.226 e. The van der Waals surface area contributed by atoms with Crippen LogP contribution in [0.4, 0.5) is 0 Å². The standard InChI is InChI=1S/C11H21ClN2O/c1-8-4-13-5-9(8)6-14-10(15)11(2,3)7-12/h8-9,13H,4-7H2,1-3H3,(H,14,15)/t8-,9+/m1/s1. The summed E-state index contributed by atoms with van der Waals surface area (Å²) in [6, 6.07) is 0. The van der Waals surface area contributed by atoms with Crippen molar-refractivity contribution in [2.24, 2.45) is 17.3 Å². The highest BCUT2D eigenvalue weighted by Crippen LogP contribution is 2.18. The van der Waals surface area contributed by atoms with Gasteiger partial charge in [-0.25, -0.2) is 0 Å². The van der Waals surface area contributed by atoms with Crippen molar-refractivity contribution in [2.75, 3.05) is 25.5 Å². The quantitative estimate of drug-likeness (QED) is 0.716. The number of carbonyl (C=O) groups is 1. The van der Waals surface area contributed by atoms with Gasteiger partial charge in [0.25, 0.3) is 0 Å². The van der Waals surface area contributed by atoms with E-state index in [1.165, 1.54) is 0 Å². The summed E-state index contributed by atoms with van der Waals surface area (Å²) in [5.41, 5.74) is -0.461. The van der Waals surface area contributed by atoms with Crippen molar-refractivity contribution in [3.05, 3.63) is 0 Å². The van der Waals surface area contributed by atoms with Crippen molar-refractivity contribution in [3.8, 4) is 0 Å². The molecule has 1 amide bonds. The fraction of sp³-hybridized carbons (Fsp3) is 0.909. The van der Waals surface area contributed by atoms with Gasteiger partial charge in [0.2, 0.25) is 5.91 Å². The molecular weight excluding hydrogens is 212 g/mol. The molecule has 0 aromatic heterocycles. The SMILES string of the molecule is C[C@@H]1CNC[C@H]1CNC(=O)C(C)(C)CCl. The number of rotatable bonds is 4. The van der Waals surface area contributed by atoms with Gasteiger partial charge in [-0.1, -0.05) is 6.92 Å². The minimum absolute atomic E-state index is 0.0524. The Hall–Kier alpha value is -0.280. The molecule has 1 saturated heterocycles. The molecule has 0 aliphatic carbocycles. The lowest BCUT2D eigenvalue weighted by atomic mass is 9.93. The number of nitrogens with one attached hydrogen (secondary N) is 2. The van der Waals surface area contributed by atoms with E-state index in [9.17, 15) is 4.79 Å². The molecule has 0 aromatic carbocycles. The van der Waals surface area contributed by atoms with Gasteiger partial charge in [-0.05, 0) is 38.8 Å². The Morgan fingerprint density at radius 2 is 2.20 bits per heavy atom. The average molecular weight is 233 g/mol. The van der Waals surface area contributed by atoms with Crippen molar-refractivity contribution < 1.29 is 4.79 Å². The van der Waals surface area contributed by atoms with Crippen molar-refractivity contribution in [1.82, 2.24) is 10.6 Å². The molecule has 0 unspecified atom stereocenters. The van der Waals surface area contributed by atoms with Gasteiger partial charge in [-0.15, -0.1) is 11.6 Å². The third kappa shape index (κ3) is 3.35. The van der Waals surface area contributed by atoms with Crippen molar-refractivity contribution in [1.29, 1.82) is 0 Å². The monoisotopic (exact) mass is 232 g/mol. The highest BCUT2D eigenvalue weighted by molar-refractivity contribution is 6.19. The second-order valence-electron chi connectivity index (χ2n) is 5.12. The first-order valence-electron chi connectivity index (χ1n) is 5.52. The van der Waals surface area contributed by atoms with E-state index in [0.717, 1.165) is 19.6 Å². The predicted octanol–water partition coefficient (Wildman–Crippen LogP) is 1.22. The lowest BCUT2D eigenvalue weighted by Gasteiger charge is -2.22. The normalized spacial score (nSPS) is 26.7. The van der Waals surface area contributed by atoms with Gasteiger partial charge in [0.15, 0.2) is 0 Å². The first-order valence-corrected chi connectivity index (χ1v) is 6.06. The minimum Gasteiger partial charge on any atom is -0.355 e. The summed E-state index contributed by atoms with van der Waals surface area (Å²) in [6.07, 6.45) is 0. The summed E-state index contributed by atoms with van der Waals surface area (Å²) in [7, 11) is 0.